The van der Waals surface area contributed by atoms with Gasteiger partial charge in [-0.05, 0) is 17.5 Å². The highest BCUT2D eigenvalue weighted by Gasteiger charge is 2.06. The van der Waals surface area contributed by atoms with Crippen molar-refractivity contribution in [3.05, 3.63) is 46.0 Å². The van der Waals surface area contributed by atoms with E-state index in [4.69, 9.17) is 16.3 Å². The normalized spacial score (nSPS) is 10.4. The molecule has 0 unspecified atom stereocenters. The van der Waals surface area contributed by atoms with Crippen LogP contribution in [-0.4, -0.2) is 4.98 Å². The third kappa shape index (κ3) is 2.71. The van der Waals surface area contributed by atoms with Gasteiger partial charge in [-0.25, -0.2) is 9.37 Å². The summed E-state index contributed by atoms with van der Waals surface area (Å²) in [7, 11) is 0. The molecule has 0 aliphatic heterocycles. The Balaban J connectivity index is 2.09. The summed E-state index contributed by atoms with van der Waals surface area (Å²) < 4.78 is 18.3. The van der Waals surface area contributed by atoms with Crippen molar-refractivity contribution in [3.63, 3.8) is 0 Å². The Morgan fingerprint density at radius 2 is 2.38 bits per heavy atom. The van der Waals surface area contributed by atoms with Crippen molar-refractivity contribution in [1.82, 2.24) is 4.98 Å². The van der Waals surface area contributed by atoms with Crippen LogP contribution in [0.4, 0.5) is 4.39 Å². The van der Waals surface area contributed by atoms with Crippen LogP contribution in [0.2, 0.25) is 0 Å². The highest BCUT2D eigenvalue weighted by atomic mass is 35.5. The molecule has 2 rings (SSSR count). The van der Waals surface area contributed by atoms with Gasteiger partial charge in [0.15, 0.2) is 0 Å². The molecular formula is C11H9ClFNOS. The lowest BCUT2D eigenvalue weighted by atomic mass is 10.3. The molecule has 0 N–H and O–H groups in total. The van der Waals surface area contributed by atoms with Crippen molar-refractivity contribution >= 4 is 22.9 Å². The molecule has 0 radical (unpaired) electrons. The van der Waals surface area contributed by atoms with Crippen LogP contribution in [-0.2, 0) is 12.5 Å². The molecule has 2 aromatic heterocycles. The topological polar surface area (TPSA) is 22.1 Å². The molecule has 0 spiro atoms. The average molecular weight is 258 g/mol. The first-order chi connectivity index (χ1) is 7.79. The summed E-state index contributed by atoms with van der Waals surface area (Å²) >= 11 is 7.28. The summed E-state index contributed by atoms with van der Waals surface area (Å²) in [6.07, 6.45) is 1.12. The Bertz CT molecular complexity index is 461. The number of rotatable bonds is 4. The highest BCUT2D eigenvalue weighted by Crippen LogP contribution is 2.20. The van der Waals surface area contributed by atoms with Gasteiger partial charge in [-0.3, -0.25) is 0 Å². The Labute approximate surface area is 102 Å². The zero-order chi connectivity index (χ0) is 11.4. The lowest BCUT2D eigenvalue weighted by Gasteiger charge is -2.07. The Kier molecular flexibility index (Phi) is 3.74. The number of thiophene rings is 1. The van der Waals surface area contributed by atoms with Crippen LogP contribution in [0, 0.1) is 5.82 Å². The van der Waals surface area contributed by atoms with Gasteiger partial charge in [0.25, 0.3) is 0 Å². The fourth-order valence-electron chi connectivity index (χ4n) is 1.23. The molecular weight excluding hydrogens is 249 g/mol. The molecule has 0 atom stereocenters. The predicted octanol–water partition coefficient (Wildman–Crippen LogP) is 3.60. The summed E-state index contributed by atoms with van der Waals surface area (Å²) in [6.45, 7) is 0.431. The maximum Gasteiger partial charge on any atom is 0.218 e. The van der Waals surface area contributed by atoms with Crippen molar-refractivity contribution in [2.45, 2.75) is 12.5 Å². The monoisotopic (exact) mass is 257 g/mol. The molecule has 2 aromatic rings. The van der Waals surface area contributed by atoms with Crippen LogP contribution in [0.1, 0.15) is 10.4 Å². The number of aromatic nitrogens is 1. The van der Waals surface area contributed by atoms with Crippen LogP contribution in [0.5, 0.6) is 5.88 Å². The summed E-state index contributed by atoms with van der Waals surface area (Å²) in [5, 5.41) is 1.97. The summed E-state index contributed by atoms with van der Waals surface area (Å²) in [5.74, 6) is 0.175. The van der Waals surface area contributed by atoms with Crippen molar-refractivity contribution < 1.29 is 9.13 Å². The fraction of sp³-hybridized carbons (Fsp3) is 0.182. The van der Waals surface area contributed by atoms with Gasteiger partial charge in [0.05, 0.1) is 12.1 Å². The maximum atomic E-state index is 12.9. The minimum Gasteiger partial charge on any atom is -0.472 e. The van der Waals surface area contributed by atoms with Crippen molar-refractivity contribution in [3.8, 4) is 5.88 Å². The molecule has 16 heavy (non-hydrogen) atoms. The lowest BCUT2D eigenvalue weighted by molar-refractivity contribution is 0.293. The Hall–Kier alpha value is -1.13. The van der Waals surface area contributed by atoms with Crippen LogP contribution >= 0.6 is 22.9 Å². The van der Waals surface area contributed by atoms with Gasteiger partial charge in [0, 0.05) is 10.4 Å². The second-order valence-corrected chi connectivity index (χ2v) is 4.42. The molecule has 2 heterocycles. The van der Waals surface area contributed by atoms with Gasteiger partial charge < -0.3 is 4.74 Å². The number of hydrogen-bond acceptors (Lipinski definition) is 3. The Morgan fingerprint density at radius 1 is 1.50 bits per heavy atom. The van der Waals surface area contributed by atoms with Crippen LogP contribution in [0.25, 0.3) is 0 Å². The van der Waals surface area contributed by atoms with E-state index >= 15 is 0 Å². The van der Waals surface area contributed by atoms with E-state index in [0.717, 1.165) is 11.1 Å². The van der Waals surface area contributed by atoms with E-state index in [0.29, 0.717) is 18.1 Å². The molecule has 5 heteroatoms. The van der Waals surface area contributed by atoms with E-state index in [-0.39, 0.29) is 5.88 Å². The zero-order valence-corrected chi connectivity index (χ0v) is 9.89. The van der Waals surface area contributed by atoms with Crippen LogP contribution in [0.15, 0.2) is 29.8 Å². The van der Waals surface area contributed by atoms with Gasteiger partial charge in [-0.1, -0.05) is 6.07 Å². The first-order valence-corrected chi connectivity index (χ1v) is 6.06. The molecule has 84 valence electrons. The summed E-state index contributed by atoms with van der Waals surface area (Å²) in [6, 6.07) is 5.25. The molecule has 0 bridgehead atoms. The number of ether oxygens (including phenoxy) is 1. The van der Waals surface area contributed by atoms with Crippen molar-refractivity contribution in [2.75, 3.05) is 0 Å². The third-order valence-electron chi connectivity index (χ3n) is 1.97. The molecule has 0 saturated carbocycles. The SMILES string of the molecule is Fc1cnc(OCc2cccs2)c(CCl)c1. The minimum atomic E-state index is -0.404. The summed E-state index contributed by atoms with van der Waals surface area (Å²) in [4.78, 5) is 4.96. The van der Waals surface area contributed by atoms with Gasteiger partial charge in [-0.15, -0.1) is 22.9 Å². The first kappa shape index (κ1) is 11.4. The predicted molar refractivity (Wildman–Crippen MR) is 62.4 cm³/mol. The number of alkyl halides is 1. The van der Waals surface area contributed by atoms with E-state index < -0.39 is 5.82 Å². The highest BCUT2D eigenvalue weighted by molar-refractivity contribution is 7.09. The zero-order valence-electron chi connectivity index (χ0n) is 8.32. The van der Waals surface area contributed by atoms with Crippen molar-refractivity contribution in [1.29, 1.82) is 0 Å². The fourth-order valence-corrected chi connectivity index (χ4v) is 2.04. The summed E-state index contributed by atoms with van der Waals surface area (Å²) in [5.41, 5.74) is 0.568. The maximum absolute atomic E-state index is 12.9. The number of halogens is 2. The average Bonchev–Trinajstić information content (AvgIpc) is 2.80. The molecule has 0 aliphatic rings. The molecule has 2 nitrogen and oxygen atoms in total. The quantitative estimate of drug-likeness (QED) is 0.781. The van der Waals surface area contributed by atoms with E-state index in [1.165, 1.54) is 6.07 Å². The van der Waals surface area contributed by atoms with E-state index in [1.807, 2.05) is 17.5 Å². The van der Waals surface area contributed by atoms with Crippen molar-refractivity contribution in [2.24, 2.45) is 0 Å². The number of hydrogen-bond donors (Lipinski definition) is 0. The molecule has 0 saturated heterocycles. The molecule has 0 aliphatic carbocycles. The van der Waals surface area contributed by atoms with Gasteiger partial charge in [0.1, 0.15) is 12.4 Å². The Morgan fingerprint density at radius 3 is 3.06 bits per heavy atom. The minimum absolute atomic E-state index is 0.185. The molecule has 0 aromatic carbocycles. The van der Waals surface area contributed by atoms with Gasteiger partial charge in [-0.2, -0.15) is 0 Å². The largest absolute Gasteiger partial charge is 0.472 e. The number of nitrogens with zero attached hydrogens (tertiary/aromatic N) is 1. The molecule has 0 amide bonds. The first-order valence-electron chi connectivity index (χ1n) is 4.65. The smallest absolute Gasteiger partial charge is 0.218 e. The van der Waals surface area contributed by atoms with Gasteiger partial charge >= 0.3 is 0 Å². The van der Waals surface area contributed by atoms with Crippen LogP contribution < -0.4 is 4.74 Å². The van der Waals surface area contributed by atoms with Crippen LogP contribution in [0.3, 0.4) is 0 Å². The second-order valence-electron chi connectivity index (χ2n) is 3.12. The van der Waals surface area contributed by atoms with Gasteiger partial charge in [0.2, 0.25) is 5.88 Å². The van der Waals surface area contributed by atoms with E-state index in [9.17, 15) is 4.39 Å². The van der Waals surface area contributed by atoms with E-state index in [1.54, 1.807) is 11.3 Å². The third-order valence-corrected chi connectivity index (χ3v) is 3.11. The lowest BCUT2D eigenvalue weighted by Crippen LogP contribution is -1.99. The van der Waals surface area contributed by atoms with E-state index in [2.05, 4.69) is 4.98 Å². The number of pyridine rings is 1. The second kappa shape index (κ2) is 5.27. The standard InChI is InChI=1S/C11H9ClFNOS/c12-5-8-4-9(13)6-14-11(8)15-7-10-2-1-3-16-10/h1-4,6H,5,7H2. The molecule has 0 fully saturated rings.